The smallest absolute Gasteiger partial charge is 0.331 e. The summed E-state index contributed by atoms with van der Waals surface area (Å²) in [4.78, 5) is 24.0. The minimum absolute atomic E-state index is 0.0106. The molecular weight excluding hydrogens is 238 g/mol. The Labute approximate surface area is 103 Å². The van der Waals surface area contributed by atoms with E-state index in [-0.39, 0.29) is 24.6 Å². The van der Waals surface area contributed by atoms with Gasteiger partial charge in [-0.1, -0.05) is 12.1 Å². The summed E-state index contributed by atoms with van der Waals surface area (Å²) in [6.07, 6.45) is -0.876. The minimum atomic E-state index is -1.16. The van der Waals surface area contributed by atoms with Gasteiger partial charge in [0.25, 0.3) is 0 Å². The summed E-state index contributed by atoms with van der Waals surface area (Å²) >= 11 is 0. The van der Waals surface area contributed by atoms with Gasteiger partial charge in [-0.15, -0.1) is 0 Å². The summed E-state index contributed by atoms with van der Waals surface area (Å²) in [5.41, 5.74) is 0.391. The summed E-state index contributed by atoms with van der Waals surface area (Å²) in [5, 5.41) is 27.8. The van der Waals surface area contributed by atoms with E-state index in [1.807, 2.05) is 0 Å². The molecule has 2 unspecified atom stereocenters. The van der Waals surface area contributed by atoms with Crippen LogP contribution in [-0.4, -0.2) is 44.7 Å². The molecule has 1 aliphatic heterocycles. The van der Waals surface area contributed by atoms with Gasteiger partial charge in [0.05, 0.1) is 12.5 Å². The van der Waals surface area contributed by atoms with Crippen LogP contribution in [0.15, 0.2) is 24.3 Å². The molecule has 6 heteroatoms. The summed E-state index contributed by atoms with van der Waals surface area (Å²) in [6.45, 7) is 0.0106. The maximum absolute atomic E-state index is 11.6. The lowest BCUT2D eigenvalue weighted by atomic mass is 10.1. The number of phenols is 1. The predicted molar refractivity (Wildman–Crippen MR) is 60.8 cm³/mol. The van der Waals surface area contributed by atoms with E-state index in [2.05, 4.69) is 0 Å². The van der Waals surface area contributed by atoms with Crippen molar-refractivity contribution in [1.29, 1.82) is 0 Å². The second kappa shape index (κ2) is 4.66. The molecule has 0 aromatic heterocycles. The van der Waals surface area contributed by atoms with Gasteiger partial charge in [-0.05, 0) is 17.7 Å². The van der Waals surface area contributed by atoms with Crippen LogP contribution in [0.5, 0.6) is 5.75 Å². The van der Waals surface area contributed by atoms with E-state index in [4.69, 9.17) is 5.11 Å². The highest BCUT2D eigenvalue weighted by Crippen LogP contribution is 2.27. The first-order valence-electron chi connectivity index (χ1n) is 5.48. The molecule has 6 nitrogen and oxygen atoms in total. The van der Waals surface area contributed by atoms with Crippen molar-refractivity contribution in [3.63, 3.8) is 0 Å². The van der Waals surface area contributed by atoms with Crippen LogP contribution in [0.1, 0.15) is 18.0 Å². The number of β-amino-alcohol motifs (C(OH)–C–C–N with tert-alkyl or cyclic N) is 1. The van der Waals surface area contributed by atoms with Gasteiger partial charge in [-0.25, -0.2) is 4.79 Å². The number of aliphatic hydroxyl groups is 1. The van der Waals surface area contributed by atoms with Crippen molar-refractivity contribution in [2.45, 2.75) is 18.6 Å². The number of benzene rings is 1. The maximum atomic E-state index is 11.6. The number of carbonyl (C=O) groups is 2. The third kappa shape index (κ3) is 2.28. The zero-order valence-electron chi connectivity index (χ0n) is 9.48. The molecule has 2 atom stereocenters. The number of amides is 1. The number of hydrogen-bond acceptors (Lipinski definition) is 4. The number of carbonyl (C=O) groups excluding carboxylic acids is 1. The van der Waals surface area contributed by atoms with E-state index in [0.717, 1.165) is 4.90 Å². The quantitative estimate of drug-likeness (QED) is 0.708. The first kappa shape index (κ1) is 12.4. The van der Waals surface area contributed by atoms with Crippen molar-refractivity contribution in [2.24, 2.45) is 0 Å². The van der Waals surface area contributed by atoms with Gasteiger partial charge >= 0.3 is 5.97 Å². The van der Waals surface area contributed by atoms with Crippen LogP contribution in [0.3, 0.4) is 0 Å². The third-order valence-electron chi connectivity index (χ3n) is 2.89. The van der Waals surface area contributed by atoms with Crippen LogP contribution >= 0.6 is 0 Å². The molecule has 1 amide bonds. The molecule has 1 heterocycles. The molecule has 2 rings (SSSR count). The van der Waals surface area contributed by atoms with Gasteiger partial charge in [0.15, 0.2) is 6.04 Å². The van der Waals surface area contributed by atoms with Crippen LogP contribution in [0, 0.1) is 0 Å². The topological polar surface area (TPSA) is 98.1 Å². The van der Waals surface area contributed by atoms with Gasteiger partial charge in [-0.3, -0.25) is 4.79 Å². The van der Waals surface area contributed by atoms with E-state index < -0.39 is 18.1 Å². The number of carboxylic acids is 1. The Morgan fingerprint density at radius 3 is 2.39 bits per heavy atom. The Hall–Kier alpha value is -2.08. The number of aliphatic carboxylic acids is 1. The third-order valence-corrected chi connectivity index (χ3v) is 2.89. The predicted octanol–water partition coefficient (Wildman–Crippen LogP) is 0.111. The molecule has 0 saturated carbocycles. The van der Waals surface area contributed by atoms with E-state index in [9.17, 15) is 19.8 Å². The molecule has 18 heavy (non-hydrogen) atoms. The first-order valence-corrected chi connectivity index (χ1v) is 5.48. The number of likely N-dealkylation sites (tertiary alicyclic amines) is 1. The van der Waals surface area contributed by atoms with Crippen LogP contribution in [0.25, 0.3) is 0 Å². The molecule has 3 N–H and O–H groups in total. The molecule has 1 aromatic rings. The standard InChI is InChI=1S/C12H13NO5/c14-8-3-1-7(2-4-8)11(12(17)18)13-6-9(15)5-10(13)16/h1-4,9,11,14-15H,5-6H2,(H,17,18). The van der Waals surface area contributed by atoms with E-state index >= 15 is 0 Å². The summed E-state index contributed by atoms with van der Waals surface area (Å²) < 4.78 is 0. The Kier molecular flexibility index (Phi) is 3.20. The molecule has 1 fully saturated rings. The van der Waals surface area contributed by atoms with Gasteiger partial charge in [-0.2, -0.15) is 0 Å². The van der Waals surface area contributed by atoms with Gasteiger partial charge in [0, 0.05) is 6.54 Å². The SMILES string of the molecule is O=C(O)C(c1ccc(O)cc1)N1CC(O)CC1=O. The number of aliphatic hydroxyl groups excluding tert-OH is 1. The van der Waals surface area contributed by atoms with Crippen molar-refractivity contribution in [2.75, 3.05) is 6.54 Å². The average molecular weight is 251 g/mol. The zero-order chi connectivity index (χ0) is 13.3. The first-order chi connectivity index (χ1) is 8.49. The van der Waals surface area contributed by atoms with Crippen LogP contribution < -0.4 is 0 Å². The number of aromatic hydroxyl groups is 1. The van der Waals surface area contributed by atoms with Crippen molar-refractivity contribution in [1.82, 2.24) is 4.90 Å². The van der Waals surface area contributed by atoms with Crippen molar-refractivity contribution >= 4 is 11.9 Å². The summed E-state index contributed by atoms with van der Waals surface area (Å²) in [5.74, 6) is -1.53. The Balaban J connectivity index is 2.32. The van der Waals surface area contributed by atoms with Crippen molar-refractivity contribution < 1.29 is 24.9 Å². The van der Waals surface area contributed by atoms with E-state index in [0.29, 0.717) is 5.56 Å². The lowest BCUT2D eigenvalue weighted by Gasteiger charge is -2.24. The lowest BCUT2D eigenvalue weighted by Crippen LogP contribution is -2.35. The Bertz CT molecular complexity index is 470. The average Bonchev–Trinajstić information content (AvgIpc) is 2.61. The molecule has 1 aromatic carbocycles. The molecular formula is C12H13NO5. The number of carboxylic acid groups (broad SMARTS) is 1. The molecule has 96 valence electrons. The Morgan fingerprint density at radius 1 is 1.33 bits per heavy atom. The maximum Gasteiger partial charge on any atom is 0.331 e. The normalized spacial score (nSPS) is 21.1. The fourth-order valence-corrected chi connectivity index (χ4v) is 2.07. The van der Waals surface area contributed by atoms with Crippen molar-refractivity contribution in [3.05, 3.63) is 29.8 Å². The van der Waals surface area contributed by atoms with Gasteiger partial charge in [0.2, 0.25) is 5.91 Å². The van der Waals surface area contributed by atoms with Crippen molar-refractivity contribution in [3.8, 4) is 5.75 Å². The highest BCUT2D eigenvalue weighted by atomic mass is 16.4. The number of nitrogens with zero attached hydrogens (tertiary/aromatic N) is 1. The summed E-state index contributed by atoms with van der Waals surface area (Å²) in [7, 11) is 0. The molecule has 1 saturated heterocycles. The number of rotatable bonds is 3. The van der Waals surface area contributed by atoms with Gasteiger partial charge in [0.1, 0.15) is 5.75 Å². The fourth-order valence-electron chi connectivity index (χ4n) is 2.07. The molecule has 0 bridgehead atoms. The van der Waals surface area contributed by atoms with E-state index in [1.165, 1.54) is 24.3 Å². The molecule has 1 aliphatic rings. The Morgan fingerprint density at radius 2 is 1.94 bits per heavy atom. The van der Waals surface area contributed by atoms with Crippen LogP contribution in [0.2, 0.25) is 0 Å². The highest BCUT2D eigenvalue weighted by Gasteiger charge is 2.37. The minimum Gasteiger partial charge on any atom is -0.508 e. The molecule has 0 radical (unpaired) electrons. The fraction of sp³-hybridized carbons (Fsp3) is 0.333. The van der Waals surface area contributed by atoms with Crippen LogP contribution in [0.4, 0.5) is 0 Å². The largest absolute Gasteiger partial charge is 0.508 e. The van der Waals surface area contributed by atoms with E-state index in [1.54, 1.807) is 0 Å². The lowest BCUT2D eigenvalue weighted by molar-refractivity contribution is -0.148. The number of phenolic OH excluding ortho intramolecular Hbond substituents is 1. The number of hydrogen-bond donors (Lipinski definition) is 3. The second-order valence-corrected chi connectivity index (χ2v) is 4.24. The zero-order valence-corrected chi connectivity index (χ0v) is 9.48. The molecule has 0 spiro atoms. The highest BCUT2D eigenvalue weighted by molar-refractivity contribution is 5.86. The van der Waals surface area contributed by atoms with Gasteiger partial charge < -0.3 is 20.2 Å². The summed E-state index contributed by atoms with van der Waals surface area (Å²) in [6, 6.07) is 4.50. The van der Waals surface area contributed by atoms with Crippen LogP contribution in [-0.2, 0) is 9.59 Å². The molecule has 0 aliphatic carbocycles. The second-order valence-electron chi connectivity index (χ2n) is 4.24. The monoisotopic (exact) mass is 251 g/mol.